The third kappa shape index (κ3) is 5.23. The molecule has 0 aromatic heterocycles. The van der Waals surface area contributed by atoms with Crippen LogP contribution in [-0.2, 0) is 9.47 Å². The second-order valence-corrected chi connectivity index (χ2v) is 4.28. The summed E-state index contributed by atoms with van der Waals surface area (Å²) in [6.07, 6.45) is -4.48. The highest BCUT2D eigenvalue weighted by Gasteiger charge is 2.37. The van der Waals surface area contributed by atoms with E-state index < -0.39 is 12.3 Å². The van der Waals surface area contributed by atoms with Crippen LogP contribution in [0.15, 0.2) is 0 Å². The predicted molar refractivity (Wildman–Crippen MR) is 57.9 cm³/mol. The van der Waals surface area contributed by atoms with Crippen molar-refractivity contribution in [2.24, 2.45) is 0 Å². The molecule has 0 aromatic carbocycles. The van der Waals surface area contributed by atoms with E-state index in [1.165, 1.54) is 0 Å². The number of hydrogen-bond acceptors (Lipinski definition) is 3. The largest absolute Gasteiger partial charge is 0.414 e. The third-order valence-electron chi connectivity index (χ3n) is 2.81. The number of nitrogens with one attached hydrogen (secondary N) is 1. The SMILES string of the molecule is CCNCC1CCC(COC(C)C(F)(F)F)O1. The molecule has 6 heteroatoms. The van der Waals surface area contributed by atoms with E-state index in [1.54, 1.807) is 0 Å². The maximum absolute atomic E-state index is 12.2. The molecule has 1 fully saturated rings. The van der Waals surface area contributed by atoms with Gasteiger partial charge in [0.1, 0.15) is 0 Å². The summed E-state index contributed by atoms with van der Waals surface area (Å²) in [5.74, 6) is 0. The van der Waals surface area contributed by atoms with Crippen molar-refractivity contribution in [3.63, 3.8) is 0 Å². The summed E-state index contributed by atoms with van der Waals surface area (Å²) in [6.45, 7) is 4.66. The molecule has 1 N–H and O–H groups in total. The van der Waals surface area contributed by atoms with Crippen molar-refractivity contribution in [1.82, 2.24) is 5.32 Å². The molecule has 102 valence electrons. The predicted octanol–water partition coefficient (Wildman–Crippen LogP) is 2.11. The summed E-state index contributed by atoms with van der Waals surface area (Å²) in [5.41, 5.74) is 0. The minimum absolute atomic E-state index is 0.0172. The zero-order valence-electron chi connectivity index (χ0n) is 10.2. The fourth-order valence-electron chi connectivity index (χ4n) is 1.70. The first kappa shape index (κ1) is 14.7. The van der Waals surface area contributed by atoms with Crippen LogP contribution in [0.1, 0.15) is 26.7 Å². The number of alkyl halides is 3. The van der Waals surface area contributed by atoms with E-state index >= 15 is 0 Å². The Bertz CT molecular complexity index is 223. The monoisotopic (exact) mass is 255 g/mol. The van der Waals surface area contributed by atoms with Crippen molar-refractivity contribution in [1.29, 1.82) is 0 Å². The molecule has 0 radical (unpaired) electrons. The van der Waals surface area contributed by atoms with E-state index in [0.717, 1.165) is 32.9 Å². The molecule has 3 atom stereocenters. The van der Waals surface area contributed by atoms with E-state index in [1.807, 2.05) is 6.92 Å². The molecule has 1 rings (SSSR count). The van der Waals surface area contributed by atoms with Crippen molar-refractivity contribution in [3.8, 4) is 0 Å². The minimum atomic E-state index is -4.29. The number of hydrogen-bond donors (Lipinski definition) is 1. The number of likely N-dealkylation sites (N-methyl/N-ethyl adjacent to an activating group) is 1. The molecule has 0 amide bonds. The Kier molecular flexibility index (Phi) is 5.69. The van der Waals surface area contributed by atoms with Gasteiger partial charge in [0.25, 0.3) is 0 Å². The Morgan fingerprint density at radius 1 is 1.35 bits per heavy atom. The minimum Gasteiger partial charge on any atom is -0.371 e. The first-order valence-corrected chi connectivity index (χ1v) is 5.98. The van der Waals surface area contributed by atoms with Crippen LogP contribution < -0.4 is 5.32 Å². The molecule has 1 aliphatic heterocycles. The molecule has 1 saturated heterocycles. The molecule has 0 spiro atoms. The second-order valence-electron chi connectivity index (χ2n) is 4.28. The lowest BCUT2D eigenvalue weighted by Gasteiger charge is -2.19. The van der Waals surface area contributed by atoms with Crippen LogP contribution in [-0.4, -0.2) is 44.2 Å². The van der Waals surface area contributed by atoms with Gasteiger partial charge in [-0.05, 0) is 26.3 Å². The molecule has 1 aliphatic rings. The highest BCUT2D eigenvalue weighted by molar-refractivity contribution is 4.75. The lowest BCUT2D eigenvalue weighted by molar-refractivity contribution is -0.220. The molecule has 0 bridgehead atoms. The van der Waals surface area contributed by atoms with E-state index in [-0.39, 0.29) is 18.8 Å². The zero-order valence-corrected chi connectivity index (χ0v) is 10.2. The third-order valence-corrected chi connectivity index (χ3v) is 2.81. The van der Waals surface area contributed by atoms with Gasteiger partial charge in [0, 0.05) is 6.54 Å². The molecule has 0 saturated carbocycles. The van der Waals surface area contributed by atoms with Crippen LogP contribution in [0.3, 0.4) is 0 Å². The van der Waals surface area contributed by atoms with Crippen LogP contribution in [0.5, 0.6) is 0 Å². The van der Waals surface area contributed by atoms with Gasteiger partial charge >= 0.3 is 6.18 Å². The molecular formula is C11H20F3NO2. The van der Waals surface area contributed by atoms with E-state index in [0.29, 0.717) is 0 Å². The average Bonchev–Trinajstić information content (AvgIpc) is 2.69. The maximum Gasteiger partial charge on any atom is 0.414 e. The summed E-state index contributed by atoms with van der Waals surface area (Å²) in [5, 5.41) is 3.15. The van der Waals surface area contributed by atoms with E-state index in [9.17, 15) is 13.2 Å². The van der Waals surface area contributed by atoms with Gasteiger partial charge in [-0.3, -0.25) is 0 Å². The Labute approximate surface area is 99.7 Å². The van der Waals surface area contributed by atoms with Crippen LogP contribution in [0.25, 0.3) is 0 Å². The first-order valence-electron chi connectivity index (χ1n) is 5.98. The van der Waals surface area contributed by atoms with Gasteiger partial charge in [-0.2, -0.15) is 13.2 Å². The lowest BCUT2D eigenvalue weighted by atomic mass is 10.2. The van der Waals surface area contributed by atoms with Crippen molar-refractivity contribution in [3.05, 3.63) is 0 Å². The Balaban J connectivity index is 2.18. The molecule has 0 aliphatic carbocycles. The molecule has 3 nitrogen and oxygen atoms in total. The van der Waals surface area contributed by atoms with Crippen LogP contribution >= 0.6 is 0 Å². The Hall–Kier alpha value is -0.330. The molecule has 1 heterocycles. The van der Waals surface area contributed by atoms with Crippen molar-refractivity contribution < 1.29 is 22.6 Å². The van der Waals surface area contributed by atoms with Crippen molar-refractivity contribution in [2.45, 2.75) is 51.2 Å². The molecule has 3 unspecified atom stereocenters. The van der Waals surface area contributed by atoms with Crippen LogP contribution in [0.4, 0.5) is 13.2 Å². The van der Waals surface area contributed by atoms with Crippen molar-refractivity contribution >= 4 is 0 Å². The fourth-order valence-corrected chi connectivity index (χ4v) is 1.70. The van der Waals surface area contributed by atoms with E-state index in [2.05, 4.69) is 5.32 Å². The molecule has 0 aromatic rings. The van der Waals surface area contributed by atoms with Crippen LogP contribution in [0, 0.1) is 0 Å². The number of halogens is 3. The maximum atomic E-state index is 12.2. The fraction of sp³-hybridized carbons (Fsp3) is 1.00. The number of ether oxygens (including phenoxy) is 2. The van der Waals surface area contributed by atoms with Gasteiger partial charge in [0.2, 0.25) is 0 Å². The lowest BCUT2D eigenvalue weighted by Crippen LogP contribution is -2.32. The smallest absolute Gasteiger partial charge is 0.371 e. The zero-order chi connectivity index (χ0) is 12.9. The number of rotatable bonds is 6. The quantitative estimate of drug-likeness (QED) is 0.788. The molecule has 17 heavy (non-hydrogen) atoms. The van der Waals surface area contributed by atoms with E-state index in [4.69, 9.17) is 9.47 Å². The summed E-state index contributed by atoms with van der Waals surface area (Å²) in [7, 11) is 0. The van der Waals surface area contributed by atoms with Gasteiger partial charge in [0.15, 0.2) is 6.10 Å². The Morgan fingerprint density at radius 2 is 2.00 bits per heavy atom. The van der Waals surface area contributed by atoms with Gasteiger partial charge in [-0.15, -0.1) is 0 Å². The highest BCUT2D eigenvalue weighted by Crippen LogP contribution is 2.25. The topological polar surface area (TPSA) is 30.5 Å². The van der Waals surface area contributed by atoms with Gasteiger partial charge in [-0.25, -0.2) is 0 Å². The summed E-state index contributed by atoms with van der Waals surface area (Å²) >= 11 is 0. The second kappa shape index (κ2) is 6.56. The van der Waals surface area contributed by atoms with Gasteiger partial charge < -0.3 is 14.8 Å². The van der Waals surface area contributed by atoms with Gasteiger partial charge in [-0.1, -0.05) is 6.92 Å². The normalized spacial score (nSPS) is 27.4. The van der Waals surface area contributed by atoms with Crippen LogP contribution in [0.2, 0.25) is 0 Å². The summed E-state index contributed by atoms with van der Waals surface area (Å²) in [4.78, 5) is 0. The van der Waals surface area contributed by atoms with Gasteiger partial charge in [0.05, 0.1) is 18.8 Å². The summed E-state index contributed by atoms with van der Waals surface area (Å²) < 4.78 is 46.9. The first-order chi connectivity index (χ1) is 7.93. The average molecular weight is 255 g/mol. The standard InChI is InChI=1S/C11H20F3NO2/c1-3-15-6-9-4-5-10(17-9)7-16-8(2)11(12,13)14/h8-10,15H,3-7H2,1-2H3. The molecular weight excluding hydrogens is 235 g/mol. The summed E-state index contributed by atoms with van der Waals surface area (Å²) in [6, 6.07) is 0. The highest BCUT2D eigenvalue weighted by atomic mass is 19.4. The Morgan fingerprint density at radius 3 is 2.59 bits per heavy atom. The van der Waals surface area contributed by atoms with Crippen molar-refractivity contribution in [2.75, 3.05) is 19.7 Å².